The van der Waals surface area contributed by atoms with Gasteiger partial charge in [-0.05, 0) is 112 Å². The Bertz CT molecular complexity index is 3580. The summed E-state index contributed by atoms with van der Waals surface area (Å²) in [5.74, 6) is -7.43. The summed E-state index contributed by atoms with van der Waals surface area (Å²) in [6.45, 7) is 17.5. The van der Waals surface area contributed by atoms with Gasteiger partial charge < -0.3 is 71.4 Å². The number of allylic oxidation sites excluding steroid dienone is 8. The van der Waals surface area contributed by atoms with Crippen LogP contribution in [-0.2, 0) is 70.3 Å². The molecule has 0 unspecified atom stereocenters. The van der Waals surface area contributed by atoms with E-state index in [0.717, 1.165) is 23.3 Å². The monoisotopic (exact) mass is 1410 g/mol. The minimum Gasteiger partial charge on any atom is -0.439 e. The summed E-state index contributed by atoms with van der Waals surface area (Å²) in [7, 11) is 5.69. The molecule has 5 aliphatic rings. The molecule has 4 bridgehead atoms. The van der Waals surface area contributed by atoms with Crippen LogP contribution in [0.3, 0.4) is 0 Å². The molecule has 2 aromatic rings. The molecule has 10 N–H and O–H groups in total. The van der Waals surface area contributed by atoms with E-state index in [9.17, 15) is 58.2 Å². The van der Waals surface area contributed by atoms with Crippen molar-refractivity contribution in [1.29, 1.82) is 0 Å². The number of piperazine rings is 1. The number of primary amides is 2. The van der Waals surface area contributed by atoms with Gasteiger partial charge in [0.15, 0.2) is 12.2 Å². The standard InChI is InChI=1S/C76H96N8O18/c1-41-31-53-63(57(85)37-55(67(53)89)79-71(91)43(3)15-13-17-59(97-9)69(101-75(77)95)47(7)35-45(5)65(87)61(33-41)99-11)81-73(93)51-23-19-49(20-24-51)39-83-27-29-84(30-28-83)40-50-21-25-52(26-22-50)74(94)82-64-54-32-42(2)34-62(100-12)66(88)46(6)36-48(8)70(102-76(78)96)60(98-10)18-14-16-44(4)72(92)80-56(68(54)90)38-58(64)86/h13-26,35-38,41-42,45-46,59-62,65-66,69-70,87-88H,27-34,39-40H2,1-12H3,(H2,77,95)(H2,78,96)(H,79,91)(H,80,92)(H,81,93)(H,82,94)/b17-13-,18-14-,43-15+,44-16+,47-35+,48-36+/t41-,42-,45+,46+,59+,60+,61+,62+,65-,66-,69+,70+/m1/s1. The third-order valence-electron chi connectivity index (χ3n) is 18.8. The van der Waals surface area contributed by atoms with Crippen LogP contribution < -0.4 is 32.7 Å². The fourth-order valence-corrected chi connectivity index (χ4v) is 13.0. The molecule has 2 aromatic carbocycles. The van der Waals surface area contributed by atoms with Crippen molar-refractivity contribution in [3.63, 3.8) is 0 Å². The lowest BCUT2D eigenvalue weighted by Gasteiger charge is -2.34. The number of nitrogens with two attached hydrogens (primary N) is 2. The number of fused-ring (bicyclic) bond motifs is 4. The number of hydrogen-bond donors (Lipinski definition) is 8. The molecule has 3 heterocycles. The number of nitrogens with zero attached hydrogens (tertiary/aromatic N) is 2. The van der Waals surface area contributed by atoms with E-state index in [4.69, 9.17) is 39.9 Å². The van der Waals surface area contributed by atoms with Gasteiger partial charge in [0.2, 0.25) is 23.1 Å². The van der Waals surface area contributed by atoms with E-state index in [1.807, 2.05) is 38.1 Å². The Labute approximate surface area is 594 Å². The number of ketones is 4. The predicted molar refractivity (Wildman–Crippen MR) is 377 cm³/mol. The summed E-state index contributed by atoms with van der Waals surface area (Å²) in [6.07, 6.45) is 5.08. The number of rotatable bonds is 14. The third kappa shape index (κ3) is 21.4. The number of ether oxygens (including phenoxy) is 6. The van der Waals surface area contributed by atoms with Crippen LogP contribution in [0.25, 0.3) is 0 Å². The molecule has 0 spiro atoms. The molecule has 12 atom stereocenters. The Morgan fingerprint density at radius 3 is 1.19 bits per heavy atom. The van der Waals surface area contributed by atoms with Gasteiger partial charge in [0, 0.05) is 125 Å². The van der Waals surface area contributed by atoms with Crippen molar-refractivity contribution in [2.75, 3.05) is 54.6 Å². The van der Waals surface area contributed by atoms with E-state index in [2.05, 4.69) is 31.1 Å². The SMILES string of the molecule is CO[C@H]1/C=C\C=C(/C)C(=O)NC2=CC(=O)C(NC(=O)c3ccc(CN4CCN(Cc5ccc(C(=O)NC6=C7C[C@@H](C)C[C@H](OC)[C@H](O)[C@@H](C)/C=C(\C)[C@H](OC(N)=O)[C@@H](OC)/C=C\C=C(/C)C(=O)NC(=CC6=O)C7=O)cc5)CC4)cc3)=C(C[C@@H](C)C[C@H](OC)[C@H](O)[C@@H](C)/C=C(\C)[C@@H]1OC(N)=O)C2=O. The van der Waals surface area contributed by atoms with Crippen molar-refractivity contribution in [3.8, 4) is 0 Å². The Morgan fingerprint density at radius 1 is 0.529 bits per heavy atom. The summed E-state index contributed by atoms with van der Waals surface area (Å²) < 4.78 is 33.7. The zero-order valence-corrected chi connectivity index (χ0v) is 59.9. The summed E-state index contributed by atoms with van der Waals surface area (Å²) in [5.41, 5.74) is 13.4. The quantitative estimate of drug-likeness (QED) is 0.0792. The first-order valence-corrected chi connectivity index (χ1v) is 33.9. The summed E-state index contributed by atoms with van der Waals surface area (Å²) in [6, 6.07) is 13.8. The molecule has 102 heavy (non-hydrogen) atoms. The van der Waals surface area contributed by atoms with Gasteiger partial charge in [-0.3, -0.25) is 48.2 Å². The first-order chi connectivity index (χ1) is 48.4. The van der Waals surface area contributed by atoms with Gasteiger partial charge in [-0.15, -0.1) is 0 Å². The van der Waals surface area contributed by atoms with E-state index in [1.54, 1.807) is 76.3 Å². The topological polar surface area (TPSA) is 373 Å². The fraction of sp³-hybridized carbons (Fsp3) is 0.447. The fourth-order valence-electron chi connectivity index (χ4n) is 13.0. The average Bonchev–Trinajstić information content (AvgIpc) is 0.850. The second kappa shape index (κ2) is 37.0. The number of nitrogens with one attached hydrogen (secondary N) is 4. The number of benzene rings is 2. The van der Waals surface area contributed by atoms with Crippen LogP contribution in [0.1, 0.15) is 113 Å². The maximum Gasteiger partial charge on any atom is 0.405 e. The number of methoxy groups -OCH3 is 4. The van der Waals surface area contributed by atoms with Crippen LogP contribution >= 0.6 is 0 Å². The zero-order chi connectivity index (χ0) is 74.8. The molecule has 0 saturated carbocycles. The molecule has 26 heteroatoms. The van der Waals surface area contributed by atoms with Gasteiger partial charge in [-0.2, -0.15) is 0 Å². The molecule has 2 aliphatic carbocycles. The number of carbonyl (C=O) groups excluding carboxylic acids is 10. The van der Waals surface area contributed by atoms with Crippen molar-refractivity contribution >= 4 is 58.9 Å². The van der Waals surface area contributed by atoms with Crippen molar-refractivity contribution < 1.29 is 86.6 Å². The molecule has 548 valence electrons. The molecule has 1 saturated heterocycles. The minimum absolute atomic E-state index is 0.0402. The predicted octanol–water partition coefficient (Wildman–Crippen LogP) is 6.02. The lowest BCUT2D eigenvalue weighted by atomic mass is 9.85. The summed E-state index contributed by atoms with van der Waals surface area (Å²) >= 11 is 0. The van der Waals surface area contributed by atoms with E-state index in [0.29, 0.717) is 50.4 Å². The lowest BCUT2D eigenvalue weighted by molar-refractivity contribution is -0.120. The van der Waals surface area contributed by atoms with Crippen LogP contribution in [0, 0.1) is 23.7 Å². The molecule has 26 nitrogen and oxygen atoms in total. The van der Waals surface area contributed by atoms with Gasteiger partial charge in [-0.25, -0.2) is 9.59 Å². The normalized spacial score (nSPS) is 29.5. The van der Waals surface area contributed by atoms with Crippen molar-refractivity contribution in [2.45, 2.75) is 143 Å². The Morgan fingerprint density at radius 2 is 0.873 bits per heavy atom. The first-order valence-electron chi connectivity index (χ1n) is 33.9. The molecule has 3 aliphatic heterocycles. The van der Waals surface area contributed by atoms with Crippen LogP contribution in [0.2, 0.25) is 0 Å². The molecule has 1 fully saturated rings. The molecule has 7 rings (SSSR count). The molecular formula is C76H96N8O18. The minimum atomic E-state index is -1.10. The Hall–Kier alpha value is -9.38. The zero-order valence-electron chi connectivity index (χ0n) is 59.9. The number of aliphatic hydroxyl groups is 2. The van der Waals surface area contributed by atoms with Crippen molar-refractivity contribution in [1.82, 2.24) is 31.1 Å². The maximum absolute atomic E-state index is 14.4. The highest BCUT2D eigenvalue weighted by atomic mass is 16.6. The largest absolute Gasteiger partial charge is 0.439 e. The van der Waals surface area contributed by atoms with E-state index < -0.39 is 131 Å². The number of aliphatic hydroxyl groups excluding tert-OH is 2. The van der Waals surface area contributed by atoms with Crippen LogP contribution in [0.15, 0.2) is 166 Å². The van der Waals surface area contributed by atoms with E-state index in [-0.39, 0.29) is 81.9 Å². The smallest absolute Gasteiger partial charge is 0.405 e. The number of hydrogen-bond acceptors (Lipinski definition) is 20. The average molecular weight is 1410 g/mol. The van der Waals surface area contributed by atoms with Gasteiger partial charge in [0.25, 0.3) is 23.6 Å². The summed E-state index contributed by atoms with van der Waals surface area (Å²) in [4.78, 5) is 140. The second-order valence-electron chi connectivity index (χ2n) is 26.7. The van der Waals surface area contributed by atoms with Gasteiger partial charge in [-0.1, -0.05) is 101 Å². The highest BCUT2D eigenvalue weighted by Gasteiger charge is 2.38. The molecule has 6 amide bonds. The number of amides is 6. The van der Waals surface area contributed by atoms with Crippen molar-refractivity contribution in [2.24, 2.45) is 35.1 Å². The van der Waals surface area contributed by atoms with Crippen molar-refractivity contribution in [3.05, 3.63) is 188 Å². The molecular weight excluding hydrogens is 1310 g/mol. The van der Waals surface area contributed by atoms with Crippen LogP contribution in [-0.4, -0.2) is 182 Å². The second-order valence-corrected chi connectivity index (χ2v) is 26.7. The highest BCUT2D eigenvalue weighted by molar-refractivity contribution is 6.26. The number of Topliss-reactive ketones (excluding diaryl/α,β-unsaturated/α-hetero) is 2. The van der Waals surface area contributed by atoms with Crippen LogP contribution in [0.5, 0.6) is 0 Å². The Kier molecular flexibility index (Phi) is 29.0. The Balaban J connectivity index is 0.987. The first kappa shape index (κ1) is 79.9. The molecule has 0 aromatic heterocycles. The van der Waals surface area contributed by atoms with E-state index in [1.165, 1.54) is 66.6 Å². The lowest BCUT2D eigenvalue weighted by Crippen LogP contribution is -2.45. The maximum atomic E-state index is 14.4. The summed E-state index contributed by atoms with van der Waals surface area (Å²) in [5, 5.41) is 33.8. The molecule has 0 radical (unpaired) electrons. The van der Waals surface area contributed by atoms with Gasteiger partial charge in [0.05, 0.1) is 47.2 Å². The number of carbonyl (C=O) groups is 10. The third-order valence-corrected chi connectivity index (χ3v) is 18.8. The van der Waals surface area contributed by atoms with Gasteiger partial charge in [0.1, 0.15) is 12.2 Å². The highest BCUT2D eigenvalue weighted by Crippen LogP contribution is 2.32. The van der Waals surface area contributed by atoms with Crippen LogP contribution in [0.4, 0.5) is 9.59 Å². The van der Waals surface area contributed by atoms with Gasteiger partial charge >= 0.3 is 12.2 Å². The van der Waals surface area contributed by atoms with E-state index >= 15 is 0 Å².